The van der Waals surface area contributed by atoms with Crippen LogP contribution in [-0.4, -0.2) is 60.9 Å². The highest BCUT2D eigenvalue weighted by atomic mass is 16.3. The standard InChI is InChI=1S/C17H30N6O2/c1-7-9-17(25,10-8-2)14(5)18-16(24)12-23-15(19-20-21-23)11-22(6)13(3)4/h7-8,13-14,25H,1-2,9-12H2,3-6H3,(H,18,24)/t14-/m1/s1. The summed E-state index contributed by atoms with van der Waals surface area (Å²) in [6.07, 6.45) is 3.98. The molecule has 8 nitrogen and oxygen atoms in total. The molecule has 0 aliphatic carbocycles. The molecule has 1 rings (SSSR count). The average Bonchev–Trinajstić information content (AvgIpc) is 2.94. The largest absolute Gasteiger partial charge is 0.387 e. The van der Waals surface area contributed by atoms with Crippen molar-refractivity contribution in [2.45, 2.75) is 64.4 Å². The third-order valence-electron chi connectivity index (χ3n) is 4.35. The number of aromatic nitrogens is 4. The Kier molecular flexibility index (Phi) is 7.92. The van der Waals surface area contributed by atoms with Gasteiger partial charge in [-0.05, 0) is 51.1 Å². The predicted octanol–water partition coefficient (Wildman–Crippen LogP) is 0.901. The van der Waals surface area contributed by atoms with Gasteiger partial charge in [0.1, 0.15) is 6.54 Å². The number of aliphatic hydroxyl groups is 1. The molecule has 8 heteroatoms. The van der Waals surface area contributed by atoms with Crippen LogP contribution in [0.5, 0.6) is 0 Å². The first kappa shape index (κ1) is 21.0. The van der Waals surface area contributed by atoms with E-state index in [0.29, 0.717) is 31.3 Å². The maximum absolute atomic E-state index is 12.3. The van der Waals surface area contributed by atoms with E-state index in [1.807, 2.05) is 7.05 Å². The first-order valence-corrected chi connectivity index (χ1v) is 8.42. The smallest absolute Gasteiger partial charge is 0.242 e. The molecule has 1 aromatic heterocycles. The van der Waals surface area contributed by atoms with Gasteiger partial charge in [0.15, 0.2) is 5.82 Å². The van der Waals surface area contributed by atoms with E-state index in [9.17, 15) is 9.90 Å². The van der Waals surface area contributed by atoms with Crippen molar-refractivity contribution in [3.63, 3.8) is 0 Å². The first-order valence-electron chi connectivity index (χ1n) is 8.42. The first-order chi connectivity index (χ1) is 11.7. The fourth-order valence-electron chi connectivity index (χ4n) is 2.36. The van der Waals surface area contributed by atoms with Crippen molar-refractivity contribution in [3.8, 4) is 0 Å². The molecule has 1 atom stereocenters. The number of rotatable bonds is 11. The van der Waals surface area contributed by atoms with Gasteiger partial charge in [-0.25, -0.2) is 4.68 Å². The second-order valence-corrected chi connectivity index (χ2v) is 6.64. The molecular formula is C17H30N6O2. The summed E-state index contributed by atoms with van der Waals surface area (Å²) in [5, 5.41) is 25.0. The van der Waals surface area contributed by atoms with E-state index in [4.69, 9.17) is 0 Å². The number of tetrazole rings is 1. The number of amides is 1. The lowest BCUT2D eigenvalue weighted by molar-refractivity contribution is -0.124. The summed E-state index contributed by atoms with van der Waals surface area (Å²) in [4.78, 5) is 14.4. The van der Waals surface area contributed by atoms with E-state index in [-0.39, 0.29) is 12.5 Å². The van der Waals surface area contributed by atoms with E-state index in [1.165, 1.54) is 4.68 Å². The van der Waals surface area contributed by atoms with Crippen LogP contribution in [0, 0.1) is 0 Å². The zero-order valence-electron chi connectivity index (χ0n) is 15.6. The number of hydrogen-bond acceptors (Lipinski definition) is 6. The molecule has 0 saturated carbocycles. The van der Waals surface area contributed by atoms with Crippen molar-refractivity contribution < 1.29 is 9.90 Å². The minimum Gasteiger partial charge on any atom is -0.387 e. The van der Waals surface area contributed by atoms with E-state index >= 15 is 0 Å². The lowest BCUT2D eigenvalue weighted by Crippen LogP contribution is -2.51. The van der Waals surface area contributed by atoms with E-state index < -0.39 is 11.6 Å². The lowest BCUT2D eigenvalue weighted by atomic mass is 9.88. The molecule has 1 heterocycles. The zero-order chi connectivity index (χ0) is 19.0. The minimum absolute atomic E-state index is 0.00311. The van der Waals surface area contributed by atoms with E-state index in [0.717, 1.165) is 0 Å². The molecule has 1 aromatic rings. The predicted molar refractivity (Wildman–Crippen MR) is 96.6 cm³/mol. The number of hydrogen-bond donors (Lipinski definition) is 2. The Bertz CT molecular complexity index is 573. The summed E-state index contributed by atoms with van der Waals surface area (Å²) < 4.78 is 1.47. The molecule has 0 saturated heterocycles. The third-order valence-corrected chi connectivity index (χ3v) is 4.35. The van der Waals surface area contributed by atoms with Crippen LogP contribution in [0.4, 0.5) is 0 Å². The summed E-state index contributed by atoms with van der Waals surface area (Å²) in [5.74, 6) is 0.353. The third kappa shape index (κ3) is 6.06. The maximum atomic E-state index is 12.3. The van der Waals surface area contributed by atoms with Crippen molar-refractivity contribution in [2.24, 2.45) is 0 Å². The van der Waals surface area contributed by atoms with Gasteiger partial charge in [0.05, 0.1) is 18.2 Å². The SMILES string of the molecule is C=CCC(O)(CC=C)[C@@H](C)NC(=O)Cn1nnnc1CN(C)C(C)C. The molecule has 0 radical (unpaired) electrons. The normalized spacial score (nSPS) is 13.1. The summed E-state index contributed by atoms with van der Waals surface area (Å²) >= 11 is 0. The highest BCUT2D eigenvalue weighted by molar-refractivity contribution is 5.76. The van der Waals surface area contributed by atoms with Gasteiger partial charge in [-0.15, -0.1) is 18.3 Å². The summed E-state index contributed by atoms with van der Waals surface area (Å²) in [6.45, 7) is 13.8. The molecule has 25 heavy (non-hydrogen) atoms. The van der Waals surface area contributed by atoms with E-state index in [2.05, 4.69) is 52.7 Å². The summed E-state index contributed by atoms with van der Waals surface area (Å²) in [5.41, 5.74) is -1.11. The number of nitrogens with one attached hydrogen (secondary N) is 1. The van der Waals surface area contributed by atoms with Crippen LogP contribution >= 0.6 is 0 Å². The molecule has 0 fully saturated rings. The summed E-state index contributed by atoms with van der Waals surface area (Å²) in [7, 11) is 1.97. The van der Waals surface area contributed by atoms with Gasteiger partial charge in [-0.3, -0.25) is 9.69 Å². The Morgan fingerprint density at radius 3 is 2.48 bits per heavy atom. The van der Waals surface area contributed by atoms with Crippen LogP contribution in [-0.2, 0) is 17.9 Å². The van der Waals surface area contributed by atoms with Crippen LogP contribution in [0.2, 0.25) is 0 Å². The lowest BCUT2D eigenvalue weighted by Gasteiger charge is -2.33. The topological polar surface area (TPSA) is 96.2 Å². The van der Waals surface area contributed by atoms with Gasteiger partial charge in [0, 0.05) is 6.04 Å². The average molecular weight is 350 g/mol. The maximum Gasteiger partial charge on any atom is 0.242 e. The molecule has 0 unspecified atom stereocenters. The van der Waals surface area contributed by atoms with Crippen molar-refractivity contribution in [1.29, 1.82) is 0 Å². The Labute approximate surface area is 149 Å². The number of carbonyl (C=O) groups excluding carboxylic acids is 1. The van der Waals surface area contributed by atoms with Gasteiger partial charge < -0.3 is 10.4 Å². The molecule has 0 aliphatic rings. The quantitative estimate of drug-likeness (QED) is 0.576. The molecule has 0 spiro atoms. The van der Waals surface area contributed by atoms with Crippen LogP contribution in [0.15, 0.2) is 25.3 Å². The van der Waals surface area contributed by atoms with Crippen molar-refractivity contribution >= 4 is 5.91 Å². The van der Waals surface area contributed by atoms with Gasteiger partial charge in [0.25, 0.3) is 0 Å². The van der Waals surface area contributed by atoms with Gasteiger partial charge >= 0.3 is 0 Å². The summed E-state index contributed by atoms with van der Waals surface area (Å²) in [6, 6.07) is -0.124. The number of carbonyl (C=O) groups is 1. The van der Waals surface area contributed by atoms with Gasteiger partial charge in [-0.1, -0.05) is 12.2 Å². The second kappa shape index (κ2) is 9.43. The van der Waals surface area contributed by atoms with Crippen LogP contribution in [0.1, 0.15) is 39.4 Å². The second-order valence-electron chi connectivity index (χ2n) is 6.64. The minimum atomic E-state index is -1.11. The van der Waals surface area contributed by atoms with Crippen molar-refractivity contribution in [3.05, 3.63) is 31.1 Å². The number of nitrogens with zero attached hydrogens (tertiary/aromatic N) is 5. The molecular weight excluding hydrogens is 320 g/mol. The van der Waals surface area contributed by atoms with Crippen molar-refractivity contribution in [2.75, 3.05) is 7.05 Å². The molecule has 1 amide bonds. The van der Waals surface area contributed by atoms with Crippen LogP contribution < -0.4 is 5.32 Å². The van der Waals surface area contributed by atoms with Gasteiger partial charge in [0.2, 0.25) is 5.91 Å². The molecule has 0 aromatic carbocycles. The fourth-order valence-corrected chi connectivity index (χ4v) is 2.36. The van der Waals surface area contributed by atoms with Crippen LogP contribution in [0.3, 0.4) is 0 Å². The fraction of sp³-hybridized carbons (Fsp3) is 0.647. The molecule has 0 bridgehead atoms. The molecule has 2 N–H and O–H groups in total. The molecule has 0 aliphatic heterocycles. The van der Waals surface area contributed by atoms with Crippen molar-refractivity contribution in [1.82, 2.24) is 30.4 Å². The van der Waals surface area contributed by atoms with Gasteiger partial charge in [-0.2, -0.15) is 0 Å². The zero-order valence-corrected chi connectivity index (χ0v) is 15.6. The Morgan fingerprint density at radius 1 is 1.36 bits per heavy atom. The molecule has 140 valence electrons. The Hall–Kier alpha value is -2.06. The Morgan fingerprint density at radius 2 is 1.96 bits per heavy atom. The van der Waals surface area contributed by atoms with Crippen LogP contribution in [0.25, 0.3) is 0 Å². The Balaban J connectivity index is 2.72. The monoisotopic (exact) mass is 350 g/mol. The van der Waals surface area contributed by atoms with E-state index in [1.54, 1.807) is 19.1 Å². The highest BCUT2D eigenvalue weighted by Crippen LogP contribution is 2.21. The highest BCUT2D eigenvalue weighted by Gasteiger charge is 2.32.